The average Bonchev–Trinajstić information content (AvgIpc) is 3.25. The first kappa shape index (κ1) is 23.0. The van der Waals surface area contributed by atoms with Crippen LogP contribution in [0, 0.1) is 12.8 Å². The molecule has 0 spiro atoms. The van der Waals surface area contributed by atoms with Crippen molar-refractivity contribution in [2.24, 2.45) is 10.9 Å². The third-order valence-corrected chi connectivity index (χ3v) is 5.98. The molecule has 2 unspecified atom stereocenters. The monoisotopic (exact) mass is 418 g/mol. The Balaban J connectivity index is 1.56. The van der Waals surface area contributed by atoms with Crippen LogP contribution in [-0.4, -0.2) is 95.7 Å². The molecule has 2 aliphatic heterocycles. The van der Waals surface area contributed by atoms with Gasteiger partial charge in [-0.2, -0.15) is 0 Å². The van der Waals surface area contributed by atoms with Gasteiger partial charge in [0.05, 0.1) is 39.1 Å². The van der Waals surface area contributed by atoms with Crippen molar-refractivity contribution in [3.8, 4) is 0 Å². The lowest BCUT2D eigenvalue weighted by Gasteiger charge is -2.35. The highest BCUT2D eigenvalue weighted by Gasteiger charge is 2.27. The summed E-state index contributed by atoms with van der Waals surface area (Å²) in [5.41, 5.74) is 2.63. The maximum atomic E-state index is 5.73. The van der Waals surface area contributed by atoms with Crippen LogP contribution >= 0.6 is 0 Å². The van der Waals surface area contributed by atoms with Gasteiger partial charge in [0.1, 0.15) is 0 Å². The predicted molar refractivity (Wildman–Crippen MR) is 120 cm³/mol. The molecule has 7 heteroatoms. The fraction of sp³-hybridized carbons (Fsp3) is 0.696. The second-order valence-corrected chi connectivity index (χ2v) is 8.17. The van der Waals surface area contributed by atoms with E-state index < -0.39 is 0 Å². The third kappa shape index (κ3) is 6.67. The zero-order chi connectivity index (χ0) is 21.2. The van der Waals surface area contributed by atoms with Crippen molar-refractivity contribution in [3.63, 3.8) is 0 Å². The van der Waals surface area contributed by atoms with Crippen LogP contribution in [-0.2, 0) is 14.2 Å². The van der Waals surface area contributed by atoms with Gasteiger partial charge in [-0.15, -0.1) is 0 Å². The zero-order valence-electron chi connectivity index (χ0n) is 18.8. The Morgan fingerprint density at radius 3 is 2.67 bits per heavy atom. The fourth-order valence-electron chi connectivity index (χ4n) is 4.21. The van der Waals surface area contributed by atoms with Crippen molar-refractivity contribution in [2.75, 3.05) is 79.9 Å². The van der Waals surface area contributed by atoms with Gasteiger partial charge in [-0.05, 0) is 18.9 Å². The smallest absolute Gasteiger partial charge is 0.193 e. The summed E-state index contributed by atoms with van der Waals surface area (Å²) in [6, 6.07) is 9.21. The quantitative estimate of drug-likeness (QED) is 0.376. The maximum Gasteiger partial charge on any atom is 0.193 e. The largest absolute Gasteiger partial charge is 0.382 e. The van der Waals surface area contributed by atoms with E-state index in [0.717, 1.165) is 64.9 Å². The minimum absolute atomic E-state index is 0.307. The maximum absolute atomic E-state index is 5.73. The zero-order valence-corrected chi connectivity index (χ0v) is 18.8. The molecule has 30 heavy (non-hydrogen) atoms. The molecular weight excluding hydrogens is 380 g/mol. The molecule has 1 aromatic carbocycles. The summed E-state index contributed by atoms with van der Waals surface area (Å²) in [5.74, 6) is 1.53. The lowest BCUT2D eigenvalue weighted by molar-refractivity contribution is 0.0169. The highest BCUT2D eigenvalue weighted by Crippen LogP contribution is 2.22. The Kier molecular flexibility index (Phi) is 9.39. The summed E-state index contributed by atoms with van der Waals surface area (Å²) in [6.07, 6.45) is 1.14. The van der Waals surface area contributed by atoms with Crippen molar-refractivity contribution < 1.29 is 14.2 Å². The number of guanidine groups is 1. The summed E-state index contributed by atoms with van der Waals surface area (Å²) >= 11 is 0. The van der Waals surface area contributed by atoms with Crippen LogP contribution in [0.25, 0.3) is 0 Å². The third-order valence-electron chi connectivity index (χ3n) is 5.98. The Hall–Kier alpha value is -1.67. The highest BCUT2D eigenvalue weighted by atomic mass is 16.5. The molecule has 2 aliphatic rings. The van der Waals surface area contributed by atoms with Crippen LogP contribution < -0.4 is 5.32 Å². The molecule has 168 valence electrons. The van der Waals surface area contributed by atoms with Crippen molar-refractivity contribution >= 4 is 5.96 Å². The number of hydrogen-bond donors (Lipinski definition) is 1. The number of hydrogen-bond acceptors (Lipinski definition) is 5. The van der Waals surface area contributed by atoms with Gasteiger partial charge in [-0.1, -0.05) is 29.8 Å². The summed E-state index contributed by atoms with van der Waals surface area (Å²) < 4.78 is 16.4. The van der Waals surface area contributed by atoms with E-state index >= 15 is 0 Å². The Morgan fingerprint density at radius 2 is 1.97 bits per heavy atom. The van der Waals surface area contributed by atoms with E-state index in [1.165, 1.54) is 11.1 Å². The first-order chi connectivity index (χ1) is 14.7. The standard InChI is InChI=1S/C23H38N4O3/c1-19-4-6-21(7-5-19)22(26-10-12-29-13-11-26)16-25-23(24-2)27-9-8-20(17-27)18-30-15-14-28-3/h4-7,20,22H,8-18H2,1-3H3,(H,24,25). The summed E-state index contributed by atoms with van der Waals surface area (Å²) in [4.78, 5) is 9.44. The number of nitrogens with one attached hydrogen (secondary N) is 1. The number of ether oxygens (including phenoxy) is 3. The number of aliphatic imine (C=N–C) groups is 1. The Bertz CT molecular complexity index is 646. The molecule has 2 atom stereocenters. The summed E-state index contributed by atoms with van der Waals surface area (Å²) in [5, 5.41) is 3.65. The average molecular weight is 419 g/mol. The lowest BCUT2D eigenvalue weighted by Crippen LogP contribution is -2.47. The molecule has 0 amide bonds. The molecule has 2 heterocycles. The van der Waals surface area contributed by atoms with Gasteiger partial charge < -0.3 is 24.4 Å². The molecule has 0 aromatic heterocycles. The van der Waals surface area contributed by atoms with Crippen LogP contribution in [0.2, 0.25) is 0 Å². The van der Waals surface area contributed by atoms with Gasteiger partial charge >= 0.3 is 0 Å². The van der Waals surface area contributed by atoms with E-state index in [9.17, 15) is 0 Å². The first-order valence-corrected chi connectivity index (χ1v) is 11.1. The van der Waals surface area contributed by atoms with Crippen molar-refractivity contribution in [3.05, 3.63) is 35.4 Å². The second kappa shape index (κ2) is 12.2. The van der Waals surface area contributed by atoms with Crippen LogP contribution in [0.1, 0.15) is 23.6 Å². The van der Waals surface area contributed by atoms with E-state index in [1.54, 1.807) is 7.11 Å². The number of morpholine rings is 1. The van der Waals surface area contributed by atoms with Gasteiger partial charge in [0, 0.05) is 52.8 Å². The van der Waals surface area contributed by atoms with Gasteiger partial charge in [-0.3, -0.25) is 9.89 Å². The number of likely N-dealkylation sites (tertiary alicyclic amines) is 1. The van der Waals surface area contributed by atoms with E-state index in [-0.39, 0.29) is 0 Å². The minimum Gasteiger partial charge on any atom is -0.382 e. The van der Waals surface area contributed by atoms with E-state index in [1.807, 2.05) is 7.05 Å². The van der Waals surface area contributed by atoms with E-state index in [0.29, 0.717) is 25.2 Å². The van der Waals surface area contributed by atoms with Gasteiger partial charge in [0.2, 0.25) is 0 Å². The second-order valence-electron chi connectivity index (χ2n) is 8.17. The Labute approximate surface area is 181 Å². The molecule has 3 rings (SSSR count). The summed E-state index contributed by atoms with van der Waals surface area (Å²) in [6.45, 7) is 10.6. The van der Waals surface area contributed by atoms with Gasteiger partial charge in [0.25, 0.3) is 0 Å². The molecule has 0 aliphatic carbocycles. The first-order valence-electron chi connectivity index (χ1n) is 11.1. The molecule has 0 saturated carbocycles. The number of aryl methyl sites for hydroxylation is 1. The molecule has 1 aromatic rings. The predicted octanol–water partition coefficient (Wildman–Crippen LogP) is 1.93. The fourth-order valence-corrected chi connectivity index (χ4v) is 4.21. The number of nitrogens with zero attached hydrogens (tertiary/aromatic N) is 3. The van der Waals surface area contributed by atoms with Gasteiger partial charge in [-0.25, -0.2) is 0 Å². The number of benzene rings is 1. The van der Waals surface area contributed by atoms with Gasteiger partial charge in [0.15, 0.2) is 5.96 Å². The van der Waals surface area contributed by atoms with Crippen molar-refractivity contribution in [1.29, 1.82) is 0 Å². The molecule has 1 N–H and O–H groups in total. The summed E-state index contributed by atoms with van der Waals surface area (Å²) in [7, 11) is 3.58. The number of rotatable bonds is 9. The molecule has 2 saturated heterocycles. The molecule has 0 radical (unpaired) electrons. The van der Waals surface area contributed by atoms with Crippen LogP contribution in [0.4, 0.5) is 0 Å². The van der Waals surface area contributed by atoms with E-state index in [2.05, 4.69) is 51.3 Å². The number of methoxy groups -OCH3 is 1. The van der Waals surface area contributed by atoms with E-state index in [4.69, 9.17) is 14.2 Å². The molecule has 0 bridgehead atoms. The topological polar surface area (TPSA) is 58.6 Å². The van der Waals surface area contributed by atoms with Crippen LogP contribution in [0.5, 0.6) is 0 Å². The lowest BCUT2D eigenvalue weighted by atomic mass is 10.0. The van der Waals surface area contributed by atoms with Crippen molar-refractivity contribution in [1.82, 2.24) is 15.1 Å². The molecular formula is C23H38N4O3. The van der Waals surface area contributed by atoms with Crippen LogP contribution in [0.15, 0.2) is 29.3 Å². The molecule has 2 fully saturated rings. The highest BCUT2D eigenvalue weighted by molar-refractivity contribution is 5.80. The van der Waals surface area contributed by atoms with Crippen molar-refractivity contribution in [2.45, 2.75) is 19.4 Å². The van der Waals surface area contributed by atoms with Crippen LogP contribution in [0.3, 0.4) is 0 Å². The minimum atomic E-state index is 0.307. The SMILES string of the molecule is CN=C(NCC(c1ccc(C)cc1)N1CCOCC1)N1CCC(COCCOC)C1. The molecule has 7 nitrogen and oxygen atoms in total. The Morgan fingerprint density at radius 1 is 1.20 bits per heavy atom. The normalized spacial score (nSPS) is 21.8.